The van der Waals surface area contributed by atoms with E-state index in [4.69, 9.17) is 0 Å². The third-order valence-electron chi connectivity index (χ3n) is 2.60. The van der Waals surface area contributed by atoms with Gasteiger partial charge in [0.2, 0.25) is 10.0 Å². The lowest BCUT2D eigenvalue weighted by molar-refractivity contribution is 0.476. The summed E-state index contributed by atoms with van der Waals surface area (Å²) in [7, 11) is -3.30. The maximum absolute atomic E-state index is 12.0. The fourth-order valence-electron chi connectivity index (χ4n) is 1.81. The number of rotatable bonds is 7. The van der Waals surface area contributed by atoms with Crippen molar-refractivity contribution in [1.29, 1.82) is 0 Å². The van der Waals surface area contributed by atoms with Gasteiger partial charge in [0.25, 0.3) is 5.56 Å². The van der Waals surface area contributed by atoms with E-state index in [0.29, 0.717) is 23.2 Å². The second-order valence-corrected chi connectivity index (χ2v) is 8.05. The van der Waals surface area contributed by atoms with Gasteiger partial charge in [-0.3, -0.25) is 4.79 Å². The molecule has 0 aliphatic carbocycles. The van der Waals surface area contributed by atoms with Gasteiger partial charge in [-0.05, 0) is 36.2 Å². The predicted octanol–water partition coefficient (Wildman–Crippen LogP) is 1.16. The summed E-state index contributed by atoms with van der Waals surface area (Å²) in [4.78, 5) is 12.0. The van der Waals surface area contributed by atoms with Crippen LogP contribution in [0.5, 0.6) is 0 Å². The third-order valence-corrected chi connectivity index (χ3v) is 4.29. The Balaban J connectivity index is 2.85. The van der Waals surface area contributed by atoms with E-state index in [1.807, 2.05) is 6.92 Å². The van der Waals surface area contributed by atoms with Gasteiger partial charge in [-0.1, -0.05) is 6.92 Å². The first kappa shape index (κ1) is 18.1. The van der Waals surface area contributed by atoms with E-state index >= 15 is 0 Å². The molecule has 0 bridgehead atoms. The number of halogens is 1. The van der Waals surface area contributed by atoms with Crippen molar-refractivity contribution in [2.45, 2.75) is 39.3 Å². The monoisotopic (exact) mass is 380 g/mol. The minimum Gasteiger partial charge on any atom is -0.381 e. The topological polar surface area (TPSA) is 93.1 Å². The lowest BCUT2D eigenvalue weighted by Gasteiger charge is -2.26. The van der Waals surface area contributed by atoms with Crippen molar-refractivity contribution in [3.63, 3.8) is 0 Å². The summed E-state index contributed by atoms with van der Waals surface area (Å²) in [5.74, 6) is 0. The molecule has 120 valence electrons. The Morgan fingerprint density at radius 2 is 2.05 bits per heavy atom. The summed E-state index contributed by atoms with van der Waals surface area (Å²) in [6, 6.07) is 0. The van der Waals surface area contributed by atoms with Gasteiger partial charge in [0, 0.05) is 18.6 Å². The van der Waals surface area contributed by atoms with Crippen molar-refractivity contribution < 1.29 is 8.42 Å². The SMILES string of the molecule is CCCn1ncc(NCC(C)(C)NS(C)(=O)=O)c(Br)c1=O. The molecule has 0 aliphatic rings. The van der Waals surface area contributed by atoms with Gasteiger partial charge >= 0.3 is 0 Å². The van der Waals surface area contributed by atoms with Crippen molar-refractivity contribution >= 4 is 31.6 Å². The van der Waals surface area contributed by atoms with E-state index in [9.17, 15) is 13.2 Å². The zero-order chi connectivity index (χ0) is 16.3. The first-order chi connectivity index (χ1) is 9.56. The Bertz CT molecular complexity index is 655. The molecule has 0 atom stereocenters. The number of hydrogen-bond donors (Lipinski definition) is 2. The number of nitrogens with zero attached hydrogens (tertiary/aromatic N) is 2. The van der Waals surface area contributed by atoms with E-state index in [1.54, 1.807) is 20.0 Å². The number of sulfonamides is 1. The largest absolute Gasteiger partial charge is 0.381 e. The minimum absolute atomic E-state index is 0.212. The van der Waals surface area contributed by atoms with Crippen LogP contribution < -0.4 is 15.6 Å². The highest BCUT2D eigenvalue weighted by atomic mass is 79.9. The van der Waals surface area contributed by atoms with Crippen molar-refractivity contribution in [2.75, 3.05) is 18.1 Å². The molecule has 1 aromatic heterocycles. The molecule has 9 heteroatoms. The summed E-state index contributed by atoms with van der Waals surface area (Å²) in [6.07, 6.45) is 3.48. The van der Waals surface area contributed by atoms with Crippen LogP contribution >= 0.6 is 15.9 Å². The van der Waals surface area contributed by atoms with Gasteiger partial charge in [-0.2, -0.15) is 5.10 Å². The quantitative estimate of drug-likeness (QED) is 0.739. The number of anilines is 1. The molecular weight excluding hydrogens is 360 g/mol. The van der Waals surface area contributed by atoms with E-state index < -0.39 is 15.6 Å². The Hall–Kier alpha value is -0.930. The summed E-state index contributed by atoms with van der Waals surface area (Å²) in [5, 5.41) is 7.11. The molecule has 1 rings (SSSR count). The molecule has 0 spiro atoms. The van der Waals surface area contributed by atoms with Crippen LogP contribution in [0.1, 0.15) is 27.2 Å². The highest BCUT2D eigenvalue weighted by molar-refractivity contribution is 9.10. The van der Waals surface area contributed by atoms with Gasteiger partial charge in [0.05, 0.1) is 18.1 Å². The molecular formula is C12H21BrN4O3S. The van der Waals surface area contributed by atoms with Crippen LogP contribution in [0.2, 0.25) is 0 Å². The maximum atomic E-state index is 12.0. The zero-order valence-electron chi connectivity index (χ0n) is 12.6. The summed E-state index contributed by atoms with van der Waals surface area (Å²) < 4.78 is 26.9. The van der Waals surface area contributed by atoms with Crippen molar-refractivity contribution in [3.8, 4) is 0 Å². The van der Waals surface area contributed by atoms with E-state index in [2.05, 4.69) is 31.1 Å². The second kappa shape index (κ2) is 6.89. The molecule has 1 aromatic rings. The molecule has 0 fully saturated rings. The van der Waals surface area contributed by atoms with Crippen LogP contribution in [0.4, 0.5) is 5.69 Å². The van der Waals surface area contributed by atoms with Gasteiger partial charge in [-0.15, -0.1) is 0 Å². The van der Waals surface area contributed by atoms with Crippen molar-refractivity contribution in [1.82, 2.24) is 14.5 Å². The first-order valence-electron chi connectivity index (χ1n) is 6.54. The van der Waals surface area contributed by atoms with E-state index in [0.717, 1.165) is 12.7 Å². The minimum atomic E-state index is -3.30. The van der Waals surface area contributed by atoms with Crippen LogP contribution in [-0.2, 0) is 16.6 Å². The molecule has 2 N–H and O–H groups in total. The van der Waals surface area contributed by atoms with Crippen LogP contribution in [0.3, 0.4) is 0 Å². The Labute approximate surface area is 133 Å². The molecule has 21 heavy (non-hydrogen) atoms. The summed E-state index contributed by atoms with van der Waals surface area (Å²) in [6.45, 7) is 6.34. The smallest absolute Gasteiger partial charge is 0.283 e. The highest BCUT2D eigenvalue weighted by Crippen LogP contribution is 2.17. The molecule has 1 heterocycles. The Morgan fingerprint density at radius 1 is 1.43 bits per heavy atom. The lowest BCUT2D eigenvalue weighted by Crippen LogP contribution is -2.48. The maximum Gasteiger partial charge on any atom is 0.283 e. The fraction of sp³-hybridized carbons (Fsp3) is 0.667. The van der Waals surface area contributed by atoms with E-state index in [1.165, 1.54) is 4.68 Å². The summed E-state index contributed by atoms with van der Waals surface area (Å²) >= 11 is 3.26. The normalized spacial score (nSPS) is 12.4. The molecule has 0 saturated heterocycles. The van der Waals surface area contributed by atoms with Crippen molar-refractivity contribution in [3.05, 3.63) is 21.0 Å². The number of nitrogens with one attached hydrogen (secondary N) is 2. The standard InChI is InChI=1S/C12H21BrN4O3S/c1-5-6-17-11(18)10(13)9(7-15-17)14-8-12(2,3)16-21(4,19)20/h7,14,16H,5-6,8H2,1-4H3. The van der Waals surface area contributed by atoms with Crippen molar-refractivity contribution in [2.24, 2.45) is 0 Å². The third kappa shape index (κ3) is 5.76. The van der Waals surface area contributed by atoms with Crippen LogP contribution in [0.15, 0.2) is 15.5 Å². The number of aromatic nitrogens is 2. The summed E-state index contributed by atoms with van der Waals surface area (Å²) in [5.41, 5.74) is -0.364. The predicted molar refractivity (Wildman–Crippen MR) is 87.0 cm³/mol. The first-order valence-corrected chi connectivity index (χ1v) is 9.22. The average Bonchev–Trinajstić information content (AvgIpc) is 2.31. The highest BCUT2D eigenvalue weighted by Gasteiger charge is 2.22. The molecule has 0 unspecified atom stereocenters. The average molecular weight is 381 g/mol. The molecule has 0 aromatic carbocycles. The van der Waals surface area contributed by atoms with Gasteiger partial charge in [-0.25, -0.2) is 17.8 Å². The number of hydrogen-bond acceptors (Lipinski definition) is 5. The Morgan fingerprint density at radius 3 is 2.57 bits per heavy atom. The van der Waals surface area contributed by atoms with Gasteiger partial charge in [0.15, 0.2) is 0 Å². The molecule has 0 saturated carbocycles. The van der Waals surface area contributed by atoms with Crippen LogP contribution in [0, 0.1) is 0 Å². The lowest BCUT2D eigenvalue weighted by atomic mass is 10.1. The fourth-order valence-corrected chi connectivity index (χ4v) is 3.34. The van der Waals surface area contributed by atoms with E-state index in [-0.39, 0.29) is 5.56 Å². The molecule has 0 radical (unpaired) electrons. The number of aryl methyl sites for hydroxylation is 1. The van der Waals surface area contributed by atoms with Gasteiger partial charge < -0.3 is 5.32 Å². The molecule has 0 amide bonds. The Kier molecular flexibility index (Phi) is 5.94. The molecule has 7 nitrogen and oxygen atoms in total. The molecule has 0 aliphatic heterocycles. The van der Waals surface area contributed by atoms with Crippen LogP contribution in [0.25, 0.3) is 0 Å². The second-order valence-electron chi connectivity index (χ2n) is 5.51. The van der Waals surface area contributed by atoms with Gasteiger partial charge in [0.1, 0.15) is 4.47 Å². The van der Waals surface area contributed by atoms with Crippen LogP contribution in [-0.4, -0.2) is 36.5 Å². The zero-order valence-corrected chi connectivity index (χ0v) is 15.0.